The fourth-order valence-corrected chi connectivity index (χ4v) is 4.34. The lowest BCUT2D eigenvalue weighted by Gasteiger charge is -2.20. The predicted molar refractivity (Wildman–Crippen MR) is 107 cm³/mol. The lowest BCUT2D eigenvalue weighted by Crippen LogP contribution is -2.33. The smallest absolute Gasteiger partial charge is 0.270 e. The van der Waals surface area contributed by atoms with Crippen molar-refractivity contribution in [1.82, 2.24) is 0 Å². The molecule has 0 aromatic rings. The summed E-state index contributed by atoms with van der Waals surface area (Å²) < 4.78 is 32.5. The molecule has 25 heavy (non-hydrogen) atoms. The minimum atomic E-state index is -4.17. The van der Waals surface area contributed by atoms with Gasteiger partial charge < -0.3 is 5.11 Å². The molecule has 0 aromatic heterocycles. The van der Waals surface area contributed by atoms with E-state index in [0.717, 1.165) is 44.9 Å². The summed E-state index contributed by atoms with van der Waals surface area (Å²) in [6, 6.07) is 0. The topological polar surface area (TPSA) is 74.6 Å². The van der Waals surface area contributed by atoms with Gasteiger partial charge in [-0.25, -0.2) is 0 Å². The van der Waals surface area contributed by atoms with Crippen molar-refractivity contribution in [1.29, 1.82) is 0 Å². The molecule has 0 aliphatic rings. The molecule has 0 bridgehead atoms. The molecule has 0 spiro atoms. The van der Waals surface area contributed by atoms with Crippen molar-refractivity contribution in [3.05, 3.63) is 0 Å². The lowest BCUT2D eigenvalue weighted by atomic mass is 10.0. The van der Waals surface area contributed by atoms with Gasteiger partial charge in [-0.2, -0.15) is 8.42 Å². The van der Waals surface area contributed by atoms with E-state index in [1.165, 1.54) is 44.9 Å². The Labute approximate surface area is 156 Å². The van der Waals surface area contributed by atoms with Crippen LogP contribution < -0.4 is 0 Å². The zero-order chi connectivity index (χ0) is 19.0. The van der Waals surface area contributed by atoms with E-state index >= 15 is 0 Å². The molecule has 0 radical (unpaired) electrons. The molecule has 0 saturated heterocycles. The Morgan fingerprint density at radius 1 is 0.640 bits per heavy atom. The van der Waals surface area contributed by atoms with Crippen LogP contribution in [0.2, 0.25) is 0 Å². The van der Waals surface area contributed by atoms with Crippen molar-refractivity contribution in [3.8, 4) is 0 Å². The molecule has 0 amide bonds. The van der Waals surface area contributed by atoms with Gasteiger partial charge in [0.2, 0.25) is 0 Å². The molecular weight excluding hydrogens is 336 g/mol. The summed E-state index contributed by atoms with van der Waals surface area (Å²) >= 11 is 0. The van der Waals surface area contributed by atoms with Crippen LogP contribution in [-0.4, -0.2) is 29.4 Å². The number of rotatable bonds is 18. The maximum atomic E-state index is 11.5. The van der Waals surface area contributed by atoms with Crippen LogP contribution in [0.5, 0.6) is 0 Å². The number of aliphatic hydroxyl groups excluding tert-OH is 1. The first-order valence-corrected chi connectivity index (χ1v) is 12.1. The number of aliphatic hydroxyl groups is 1. The van der Waals surface area contributed by atoms with Crippen molar-refractivity contribution >= 4 is 10.1 Å². The minimum Gasteiger partial charge on any atom is -0.392 e. The Hall–Kier alpha value is -0.130. The third kappa shape index (κ3) is 14.7. The fraction of sp³-hybridized carbons (Fsp3) is 1.00. The van der Waals surface area contributed by atoms with E-state index in [-0.39, 0.29) is 0 Å². The Bertz CT molecular complexity index is 381. The number of hydrogen-bond donors (Lipinski definition) is 2. The summed E-state index contributed by atoms with van der Waals surface area (Å²) in [6.07, 6.45) is 15.8. The second kappa shape index (κ2) is 16.1. The van der Waals surface area contributed by atoms with E-state index in [9.17, 15) is 18.1 Å². The first-order chi connectivity index (χ1) is 11.9. The molecular formula is C20H42O4S. The van der Waals surface area contributed by atoms with Crippen LogP contribution >= 0.6 is 0 Å². The minimum absolute atomic E-state index is 0.365. The Morgan fingerprint density at radius 2 is 1.00 bits per heavy atom. The Kier molecular flexibility index (Phi) is 16.0. The van der Waals surface area contributed by atoms with E-state index in [1.54, 1.807) is 0 Å². The van der Waals surface area contributed by atoms with Gasteiger partial charge in [-0.1, -0.05) is 104 Å². The van der Waals surface area contributed by atoms with Gasteiger partial charge in [-0.3, -0.25) is 4.55 Å². The highest BCUT2D eigenvalue weighted by atomic mass is 32.2. The first-order valence-electron chi connectivity index (χ1n) is 10.6. The zero-order valence-corrected chi connectivity index (χ0v) is 17.4. The molecule has 0 fully saturated rings. The molecule has 152 valence electrons. The maximum absolute atomic E-state index is 11.5. The van der Waals surface area contributed by atoms with E-state index in [0.29, 0.717) is 12.8 Å². The van der Waals surface area contributed by atoms with Gasteiger partial charge in [0.1, 0.15) is 5.25 Å². The molecule has 2 unspecified atom stereocenters. The van der Waals surface area contributed by atoms with Crippen LogP contribution in [0.1, 0.15) is 117 Å². The molecule has 2 N–H and O–H groups in total. The number of unbranched alkanes of at least 4 members (excludes halogenated alkanes) is 12. The molecule has 5 heteroatoms. The van der Waals surface area contributed by atoms with Crippen molar-refractivity contribution in [3.63, 3.8) is 0 Å². The summed E-state index contributed by atoms with van der Waals surface area (Å²) in [6.45, 7) is 4.34. The van der Waals surface area contributed by atoms with E-state index < -0.39 is 21.5 Å². The second-order valence-corrected chi connectivity index (χ2v) is 9.08. The third-order valence-corrected chi connectivity index (χ3v) is 6.32. The maximum Gasteiger partial charge on any atom is 0.270 e. The lowest BCUT2D eigenvalue weighted by molar-refractivity contribution is 0.146. The molecule has 0 aliphatic heterocycles. The van der Waals surface area contributed by atoms with Gasteiger partial charge in [0.25, 0.3) is 10.1 Å². The fourth-order valence-electron chi connectivity index (χ4n) is 3.34. The molecule has 4 nitrogen and oxygen atoms in total. The van der Waals surface area contributed by atoms with Gasteiger partial charge in [-0.15, -0.1) is 0 Å². The van der Waals surface area contributed by atoms with Gasteiger partial charge in [0, 0.05) is 0 Å². The molecule has 0 aromatic carbocycles. The monoisotopic (exact) mass is 378 g/mol. The highest BCUT2D eigenvalue weighted by Gasteiger charge is 2.29. The summed E-state index contributed by atoms with van der Waals surface area (Å²) in [4.78, 5) is 0. The molecule has 0 aliphatic carbocycles. The average molecular weight is 379 g/mol. The predicted octanol–water partition coefficient (Wildman–Crippen LogP) is 5.89. The first kappa shape index (κ1) is 24.9. The van der Waals surface area contributed by atoms with E-state index in [2.05, 4.69) is 13.8 Å². The summed E-state index contributed by atoms with van der Waals surface area (Å²) in [5, 5.41) is 9.14. The van der Waals surface area contributed by atoms with Crippen molar-refractivity contribution in [2.24, 2.45) is 0 Å². The van der Waals surface area contributed by atoms with Crippen LogP contribution in [0.15, 0.2) is 0 Å². The van der Waals surface area contributed by atoms with E-state index in [1.807, 2.05) is 0 Å². The Balaban J connectivity index is 3.86. The normalized spacial score (nSPS) is 14.6. The molecule has 0 saturated carbocycles. The second-order valence-electron chi connectivity index (χ2n) is 7.44. The molecule has 2 atom stereocenters. The number of hydrogen-bond acceptors (Lipinski definition) is 3. The molecule has 0 rings (SSSR count). The van der Waals surface area contributed by atoms with Crippen molar-refractivity contribution in [2.75, 3.05) is 0 Å². The highest BCUT2D eigenvalue weighted by molar-refractivity contribution is 7.86. The third-order valence-electron chi connectivity index (χ3n) is 5.01. The SMILES string of the molecule is CCCCCCCCCCCCC(C(O)CCCCCC)S(=O)(=O)O. The van der Waals surface area contributed by atoms with Gasteiger partial charge in [0.15, 0.2) is 0 Å². The average Bonchev–Trinajstić information content (AvgIpc) is 2.55. The van der Waals surface area contributed by atoms with Crippen molar-refractivity contribution < 1.29 is 18.1 Å². The van der Waals surface area contributed by atoms with Gasteiger partial charge in [0.05, 0.1) is 6.10 Å². The van der Waals surface area contributed by atoms with E-state index in [4.69, 9.17) is 0 Å². The summed E-state index contributed by atoms with van der Waals surface area (Å²) in [7, 11) is -4.17. The van der Waals surface area contributed by atoms with Crippen LogP contribution in [0.25, 0.3) is 0 Å². The quantitative estimate of drug-likeness (QED) is 0.230. The summed E-state index contributed by atoms with van der Waals surface area (Å²) in [5.74, 6) is 0. The van der Waals surface area contributed by atoms with Gasteiger partial charge in [-0.05, 0) is 12.8 Å². The largest absolute Gasteiger partial charge is 0.392 e. The van der Waals surface area contributed by atoms with Crippen molar-refractivity contribution in [2.45, 2.75) is 128 Å². The van der Waals surface area contributed by atoms with Crippen LogP contribution in [0, 0.1) is 0 Å². The zero-order valence-electron chi connectivity index (χ0n) is 16.6. The standard InChI is InChI=1S/C20H42O4S/c1-3-5-7-9-10-11-12-13-14-16-18-20(25(22,23)24)19(21)17-15-8-6-4-2/h19-21H,3-18H2,1-2H3,(H,22,23,24). The van der Waals surface area contributed by atoms with Crippen LogP contribution in [0.3, 0.4) is 0 Å². The summed E-state index contributed by atoms with van der Waals surface area (Å²) in [5.41, 5.74) is 0. The van der Waals surface area contributed by atoms with Gasteiger partial charge >= 0.3 is 0 Å². The molecule has 0 heterocycles. The Morgan fingerprint density at radius 3 is 1.44 bits per heavy atom. The highest BCUT2D eigenvalue weighted by Crippen LogP contribution is 2.20. The van der Waals surface area contributed by atoms with Crippen LogP contribution in [-0.2, 0) is 10.1 Å². The van der Waals surface area contributed by atoms with Crippen LogP contribution in [0.4, 0.5) is 0 Å².